The normalized spacial score (nSPS) is 19.7. The molecule has 2 saturated heterocycles. The van der Waals surface area contributed by atoms with Crippen molar-refractivity contribution in [3.05, 3.63) is 29.8 Å². The Balaban J connectivity index is 1.37. The number of alkyl halides is 1. The minimum atomic E-state index is -1.63. The van der Waals surface area contributed by atoms with E-state index in [4.69, 9.17) is 9.47 Å². The summed E-state index contributed by atoms with van der Waals surface area (Å²) in [4.78, 5) is 29.4. The summed E-state index contributed by atoms with van der Waals surface area (Å²) in [5, 5.41) is 0. The number of carbonyl (C=O) groups excluding carboxylic acids is 2. The number of morpholine rings is 1. The Kier molecular flexibility index (Phi) is 7.97. The fraction of sp³-hybridized carbons (Fsp3) is 0.619. The Bertz CT molecular complexity index is 671. The minimum Gasteiger partial charge on any atom is -0.494 e. The highest BCUT2D eigenvalue weighted by molar-refractivity contribution is 5.99. The molecule has 0 aliphatic carbocycles. The van der Waals surface area contributed by atoms with Crippen molar-refractivity contribution in [1.29, 1.82) is 0 Å². The minimum absolute atomic E-state index is 0.138. The average molecular weight is 407 g/mol. The molecule has 29 heavy (non-hydrogen) atoms. The van der Waals surface area contributed by atoms with E-state index in [9.17, 15) is 14.0 Å². The molecule has 0 spiro atoms. The van der Waals surface area contributed by atoms with E-state index in [-0.39, 0.29) is 5.91 Å². The molecule has 160 valence electrons. The van der Waals surface area contributed by atoms with Crippen LogP contribution in [-0.2, 0) is 9.53 Å². The summed E-state index contributed by atoms with van der Waals surface area (Å²) >= 11 is 0. The molecule has 1 aromatic rings. The van der Waals surface area contributed by atoms with Crippen LogP contribution in [0.3, 0.4) is 0 Å². The van der Waals surface area contributed by atoms with Crippen LogP contribution < -0.4 is 4.74 Å². The zero-order valence-corrected chi connectivity index (χ0v) is 17.0. The molecule has 2 fully saturated rings. The van der Waals surface area contributed by atoms with Gasteiger partial charge in [-0.05, 0) is 30.7 Å². The smallest absolute Gasteiger partial charge is 0.219 e. The SMILES string of the molecule is CC(=O)N1CCN(CCCOc2ccc(C(=O)C(F)N3CCOCC3)cc2)CC1. The van der Waals surface area contributed by atoms with Crippen molar-refractivity contribution in [2.75, 3.05) is 65.6 Å². The Morgan fingerprint density at radius 1 is 1.07 bits per heavy atom. The van der Waals surface area contributed by atoms with Gasteiger partial charge in [-0.15, -0.1) is 0 Å². The maximum atomic E-state index is 14.4. The number of hydrogen-bond donors (Lipinski definition) is 0. The Morgan fingerprint density at radius 3 is 2.34 bits per heavy atom. The second kappa shape index (κ2) is 10.7. The maximum Gasteiger partial charge on any atom is 0.219 e. The second-order valence-corrected chi connectivity index (χ2v) is 7.42. The van der Waals surface area contributed by atoms with E-state index < -0.39 is 12.1 Å². The number of ketones is 1. The molecule has 2 aliphatic heterocycles. The van der Waals surface area contributed by atoms with E-state index >= 15 is 0 Å². The molecule has 0 N–H and O–H groups in total. The molecule has 8 heteroatoms. The van der Waals surface area contributed by atoms with Crippen molar-refractivity contribution in [3.8, 4) is 5.75 Å². The van der Waals surface area contributed by atoms with Crippen LogP contribution in [0.25, 0.3) is 0 Å². The van der Waals surface area contributed by atoms with Crippen LogP contribution in [-0.4, -0.2) is 98.3 Å². The third-order valence-corrected chi connectivity index (χ3v) is 5.43. The van der Waals surface area contributed by atoms with Crippen LogP contribution >= 0.6 is 0 Å². The van der Waals surface area contributed by atoms with Crippen LogP contribution in [0.1, 0.15) is 23.7 Å². The standard InChI is InChI=1S/C21H30FN3O4/c1-17(26)24-10-8-23(9-11-24)7-2-14-29-19-5-3-18(4-6-19)20(27)21(22)25-12-15-28-16-13-25/h3-6,21H,2,7-16H2,1H3. The van der Waals surface area contributed by atoms with Gasteiger partial charge in [0, 0.05) is 58.3 Å². The lowest BCUT2D eigenvalue weighted by molar-refractivity contribution is -0.130. The predicted octanol–water partition coefficient (Wildman–Crippen LogP) is 1.43. The second-order valence-electron chi connectivity index (χ2n) is 7.42. The highest BCUT2D eigenvalue weighted by Crippen LogP contribution is 2.17. The Hall–Kier alpha value is -2.03. The number of piperazine rings is 1. The van der Waals surface area contributed by atoms with Crippen molar-refractivity contribution in [1.82, 2.24) is 14.7 Å². The third kappa shape index (κ3) is 6.22. The van der Waals surface area contributed by atoms with E-state index in [1.807, 2.05) is 4.90 Å². The number of ether oxygens (including phenoxy) is 2. The first-order chi connectivity index (χ1) is 14.0. The van der Waals surface area contributed by atoms with Gasteiger partial charge in [0.1, 0.15) is 5.75 Å². The molecular weight excluding hydrogens is 377 g/mol. The number of rotatable bonds is 8. The van der Waals surface area contributed by atoms with Crippen molar-refractivity contribution in [2.45, 2.75) is 19.6 Å². The number of nitrogens with zero attached hydrogens (tertiary/aromatic N) is 3. The van der Waals surface area contributed by atoms with Crippen molar-refractivity contribution >= 4 is 11.7 Å². The van der Waals surface area contributed by atoms with Gasteiger partial charge in [0.15, 0.2) is 0 Å². The first-order valence-electron chi connectivity index (χ1n) is 10.3. The topological polar surface area (TPSA) is 62.3 Å². The number of hydrogen-bond acceptors (Lipinski definition) is 6. The predicted molar refractivity (Wildman–Crippen MR) is 107 cm³/mol. The zero-order valence-electron chi connectivity index (χ0n) is 17.0. The number of halogens is 1. The van der Waals surface area contributed by atoms with Crippen LogP contribution in [0.15, 0.2) is 24.3 Å². The van der Waals surface area contributed by atoms with E-state index in [0.29, 0.717) is 44.2 Å². The van der Waals surface area contributed by atoms with Crippen LogP contribution in [0, 0.1) is 0 Å². The van der Waals surface area contributed by atoms with Gasteiger partial charge in [-0.25, -0.2) is 4.39 Å². The van der Waals surface area contributed by atoms with Gasteiger partial charge in [-0.1, -0.05) is 0 Å². The van der Waals surface area contributed by atoms with Crippen LogP contribution in [0.2, 0.25) is 0 Å². The number of amides is 1. The number of benzene rings is 1. The fourth-order valence-corrected chi connectivity index (χ4v) is 3.59. The van der Waals surface area contributed by atoms with Gasteiger partial charge in [0.2, 0.25) is 18.0 Å². The summed E-state index contributed by atoms with van der Waals surface area (Å²) in [6.45, 7) is 8.21. The van der Waals surface area contributed by atoms with Gasteiger partial charge >= 0.3 is 0 Å². The van der Waals surface area contributed by atoms with E-state index in [1.165, 1.54) is 4.90 Å². The molecule has 3 rings (SSSR count). The Labute approximate surface area is 171 Å². The lowest BCUT2D eigenvalue weighted by atomic mass is 10.1. The Morgan fingerprint density at radius 2 is 1.72 bits per heavy atom. The lowest BCUT2D eigenvalue weighted by Crippen LogP contribution is -2.48. The van der Waals surface area contributed by atoms with Crippen LogP contribution in [0.4, 0.5) is 4.39 Å². The molecule has 0 aromatic heterocycles. The summed E-state index contributed by atoms with van der Waals surface area (Å²) in [6.07, 6.45) is -0.751. The average Bonchev–Trinajstić information content (AvgIpc) is 2.77. The molecule has 1 amide bonds. The molecule has 1 atom stereocenters. The molecule has 2 heterocycles. The molecule has 1 unspecified atom stereocenters. The fourth-order valence-electron chi connectivity index (χ4n) is 3.59. The van der Waals surface area contributed by atoms with E-state index in [1.54, 1.807) is 31.2 Å². The number of Topliss-reactive ketones (excluding diaryl/α,β-unsaturated/α-hetero) is 1. The maximum absolute atomic E-state index is 14.4. The molecule has 0 bridgehead atoms. The third-order valence-electron chi connectivity index (χ3n) is 5.43. The summed E-state index contributed by atoms with van der Waals surface area (Å²) in [6, 6.07) is 6.66. The zero-order chi connectivity index (χ0) is 20.6. The number of carbonyl (C=O) groups is 2. The quantitative estimate of drug-likeness (QED) is 0.369. The van der Waals surface area contributed by atoms with E-state index in [2.05, 4.69) is 4.90 Å². The van der Waals surface area contributed by atoms with Crippen molar-refractivity contribution < 1.29 is 23.5 Å². The van der Waals surface area contributed by atoms with Gasteiger partial charge in [-0.3, -0.25) is 19.4 Å². The molecular formula is C21H30FN3O4. The lowest BCUT2D eigenvalue weighted by Gasteiger charge is -2.34. The molecule has 7 nitrogen and oxygen atoms in total. The molecule has 1 aromatic carbocycles. The monoisotopic (exact) mass is 407 g/mol. The molecule has 0 radical (unpaired) electrons. The summed E-state index contributed by atoms with van der Waals surface area (Å²) in [5.74, 6) is 0.284. The molecule has 2 aliphatic rings. The largest absolute Gasteiger partial charge is 0.494 e. The summed E-state index contributed by atoms with van der Waals surface area (Å²) in [5.41, 5.74) is 0.347. The van der Waals surface area contributed by atoms with Gasteiger partial charge in [-0.2, -0.15) is 0 Å². The van der Waals surface area contributed by atoms with E-state index in [0.717, 1.165) is 39.1 Å². The summed E-state index contributed by atoms with van der Waals surface area (Å²) in [7, 11) is 0. The van der Waals surface area contributed by atoms with Crippen molar-refractivity contribution in [2.24, 2.45) is 0 Å². The highest BCUT2D eigenvalue weighted by Gasteiger charge is 2.27. The summed E-state index contributed by atoms with van der Waals surface area (Å²) < 4.78 is 25.4. The molecule has 0 saturated carbocycles. The van der Waals surface area contributed by atoms with Crippen LogP contribution in [0.5, 0.6) is 5.75 Å². The van der Waals surface area contributed by atoms with Gasteiger partial charge in [0.25, 0.3) is 0 Å². The van der Waals surface area contributed by atoms with Gasteiger partial charge < -0.3 is 14.4 Å². The first kappa shape index (κ1) is 21.7. The van der Waals surface area contributed by atoms with Gasteiger partial charge in [0.05, 0.1) is 19.8 Å². The highest BCUT2D eigenvalue weighted by atomic mass is 19.1. The van der Waals surface area contributed by atoms with Crippen molar-refractivity contribution in [3.63, 3.8) is 0 Å². The first-order valence-corrected chi connectivity index (χ1v) is 10.3.